The molecule has 0 unspecified atom stereocenters. The number of halogens is 3. The number of anilines is 1. The number of nitrogens with one attached hydrogen (secondary N) is 1. The van der Waals surface area contributed by atoms with Gasteiger partial charge in [-0.25, -0.2) is 4.39 Å². The van der Waals surface area contributed by atoms with E-state index >= 15 is 0 Å². The highest BCUT2D eigenvalue weighted by Gasteiger charge is 2.11. The molecular weight excluding hydrogens is 377 g/mol. The van der Waals surface area contributed by atoms with Gasteiger partial charge in [0.05, 0.1) is 26.9 Å². The summed E-state index contributed by atoms with van der Waals surface area (Å²) in [6, 6.07) is 4.88. The molecule has 0 bridgehead atoms. The van der Waals surface area contributed by atoms with Crippen LogP contribution >= 0.6 is 31.9 Å². The molecule has 0 saturated carbocycles. The first-order chi connectivity index (χ1) is 9.02. The summed E-state index contributed by atoms with van der Waals surface area (Å²) in [4.78, 5) is 0. The molecule has 1 aromatic carbocycles. The van der Waals surface area contributed by atoms with Gasteiger partial charge in [-0.3, -0.25) is 4.68 Å². The Labute approximate surface area is 128 Å². The lowest BCUT2D eigenvalue weighted by Gasteiger charge is -2.09. The van der Waals surface area contributed by atoms with E-state index in [1.165, 1.54) is 6.07 Å². The molecule has 1 heterocycles. The summed E-state index contributed by atoms with van der Waals surface area (Å²) in [5, 5.41) is 7.70. The van der Waals surface area contributed by atoms with E-state index in [2.05, 4.69) is 49.2 Å². The summed E-state index contributed by atoms with van der Waals surface area (Å²) in [7, 11) is 0. The molecule has 0 amide bonds. The standard InChI is InChI=1S/C13H14Br2FN3/c1-3-19-12(13(15)8(2)18-19)7-17-9-4-5-11(16)10(14)6-9/h4-6,17H,3,7H2,1-2H3. The number of aromatic nitrogens is 2. The quantitative estimate of drug-likeness (QED) is 0.833. The predicted molar refractivity (Wildman–Crippen MR) is 81.8 cm³/mol. The first kappa shape index (κ1) is 14.5. The van der Waals surface area contributed by atoms with E-state index in [9.17, 15) is 4.39 Å². The lowest BCUT2D eigenvalue weighted by atomic mass is 10.3. The van der Waals surface area contributed by atoms with E-state index in [-0.39, 0.29) is 5.82 Å². The Balaban J connectivity index is 2.16. The van der Waals surface area contributed by atoms with Crippen LogP contribution in [0.5, 0.6) is 0 Å². The van der Waals surface area contributed by atoms with Crippen molar-refractivity contribution in [2.75, 3.05) is 5.32 Å². The fourth-order valence-corrected chi connectivity index (χ4v) is 2.63. The van der Waals surface area contributed by atoms with Crippen LogP contribution in [-0.4, -0.2) is 9.78 Å². The molecule has 1 aromatic heterocycles. The smallest absolute Gasteiger partial charge is 0.137 e. The van der Waals surface area contributed by atoms with Crippen LogP contribution in [0, 0.1) is 12.7 Å². The van der Waals surface area contributed by atoms with Gasteiger partial charge in [0.25, 0.3) is 0 Å². The molecule has 0 aliphatic carbocycles. The molecule has 0 radical (unpaired) electrons. The van der Waals surface area contributed by atoms with Crippen LogP contribution in [0.25, 0.3) is 0 Å². The zero-order chi connectivity index (χ0) is 14.0. The molecule has 3 nitrogen and oxygen atoms in total. The van der Waals surface area contributed by atoms with Crippen LogP contribution in [0.4, 0.5) is 10.1 Å². The highest BCUT2D eigenvalue weighted by atomic mass is 79.9. The van der Waals surface area contributed by atoms with Gasteiger partial charge in [-0.1, -0.05) is 0 Å². The second kappa shape index (κ2) is 6.05. The van der Waals surface area contributed by atoms with Crippen LogP contribution in [0.1, 0.15) is 18.3 Å². The van der Waals surface area contributed by atoms with E-state index in [4.69, 9.17) is 0 Å². The van der Waals surface area contributed by atoms with E-state index in [1.807, 2.05) is 11.6 Å². The Kier molecular flexibility index (Phi) is 4.62. The van der Waals surface area contributed by atoms with Gasteiger partial charge in [-0.2, -0.15) is 5.10 Å². The number of rotatable bonds is 4. The first-order valence-electron chi connectivity index (χ1n) is 5.93. The topological polar surface area (TPSA) is 29.9 Å². The molecule has 0 saturated heterocycles. The van der Waals surface area contributed by atoms with Crippen LogP contribution in [-0.2, 0) is 13.1 Å². The lowest BCUT2D eigenvalue weighted by Crippen LogP contribution is -2.08. The minimum absolute atomic E-state index is 0.263. The zero-order valence-corrected chi connectivity index (χ0v) is 13.8. The maximum atomic E-state index is 13.2. The van der Waals surface area contributed by atoms with Gasteiger partial charge in [-0.05, 0) is 63.9 Å². The summed E-state index contributed by atoms with van der Waals surface area (Å²) in [5.41, 5.74) is 2.92. The molecule has 0 aliphatic rings. The molecule has 0 aliphatic heterocycles. The molecule has 2 aromatic rings. The van der Waals surface area contributed by atoms with Crippen LogP contribution in [0.3, 0.4) is 0 Å². The van der Waals surface area contributed by atoms with Gasteiger partial charge in [0.1, 0.15) is 5.82 Å². The average molecular weight is 391 g/mol. The summed E-state index contributed by atoms with van der Waals surface area (Å²) in [5.74, 6) is -0.263. The van der Waals surface area contributed by atoms with Crippen molar-refractivity contribution in [3.05, 3.63) is 44.3 Å². The Hall–Kier alpha value is -0.880. The first-order valence-corrected chi connectivity index (χ1v) is 7.52. The summed E-state index contributed by atoms with van der Waals surface area (Å²) >= 11 is 6.73. The maximum Gasteiger partial charge on any atom is 0.137 e. The number of aryl methyl sites for hydroxylation is 2. The zero-order valence-electron chi connectivity index (χ0n) is 10.7. The molecule has 0 fully saturated rings. The number of hydrogen-bond donors (Lipinski definition) is 1. The molecule has 102 valence electrons. The van der Waals surface area contributed by atoms with Gasteiger partial charge in [0, 0.05) is 12.2 Å². The molecule has 0 spiro atoms. The molecule has 19 heavy (non-hydrogen) atoms. The number of hydrogen-bond acceptors (Lipinski definition) is 2. The SMILES string of the molecule is CCn1nc(C)c(Br)c1CNc1ccc(F)c(Br)c1. The van der Waals surface area contributed by atoms with E-state index < -0.39 is 0 Å². The average Bonchev–Trinajstić information content (AvgIpc) is 2.67. The normalized spacial score (nSPS) is 10.8. The minimum Gasteiger partial charge on any atom is -0.379 e. The van der Waals surface area contributed by atoms with E-state index in [0.717, 1.165) is 28.1 Å². The predicted octanol–water partition coefficient (Wildman–Crippen LogP) is 4.49. The van der Waals surface area contributed by atoms with Gasteiger partial charge in [-0.15, -0.1) is 0 Å². The van der Waals surface area contributed by atoms with Crippen molar-refractivity contribution >= 4 is 37.5 Å². The van der Waals surface area contributed by atoms with Crippen molar-refractivity contribution in [1.29, 1.82) is 0 Å². The maximum absolute atomic E-state index is 13.2. The van der Waals surface area contributed by atoms with Crippen molar-refractivity contribution in [1.82, 2.24) is 9.78 Å². The summed E-state index contributed by atoms with van der Waals surface area (Å²) in [6.45, 7) is 5.47. The highest BCUT2D eigenvalue weighted by molar-refractivity contribution is 9.10. The Morgan fingerprint density at radius 3 is 2.74 bits per heavy atom. The van der Waals surface area contributed by atoms with Crippen molar-refractivity contribution in [2.24, 2.45) is 0 Å². The third-order valence-electron chi connectivity index (χ3n) is 2.83. The highest BCUT2D eigenvalue weighted by Crippen LogP contribution is 2.24. The fourth-order valence-electron chi connectivity index (χ4n) is 1.83. The lowest BCUT2D eigenvalue weighted by molar-refractivity contribution is 0.619. The van der Waals surface area contributed by atoms with Crippen LogP contribution < -0.4 is 5.32 Å². The van der Waals surface area contributed by atoms with Gasteiger partial charge in [0.2, 0.25) is 0 Å². The largest absolute Gasteiger partial charge is 0.379 e. The van der Waals surface area contributed by atoms with Gasteiger partial charge < -0.3 is 5.32 Å². The molecule has 0 atom stereocenters. The van der Waals surface area contributed by atoms with E-state index in [1.54, 1.807) is 12.1 Å². The Morgan fingerprint density at radius 2 is 2.11 bits per heavy atom. The third-order valence-corrected chi connectivity index (χ3v) is 4.47. The van der Waals surface area contributed by atoms with Crippen molar-refractivity contribution < 1.29 is 4.39 Å². The molecule has 1 N–H and O–H groups in total. The van der Waals surface area contributed by atoms with E-state index in [0.29, 0.717) is 11.0 Å². The summed E-state index contributed by atoms with van der Waals surface area (Å²) < 4.78 is 16.6. The Morgan fingerprint density at radius 1 is 1.37 bits per heavy atom. The monoisotopic (exact) mass is 389 g/mol. The van der Waals surface area contributed by atoms with Crippen LogP contribution in [0.2, 0.25) is 0 Å². The molecule has 2 rings (SSSR count). The van der Waals surface area contributed by atoms with Crippen LogP contribution in [0.15, 0.2) is 27.1 Å². The molecular formula is C13H14Br2FN3. The van der Waals surface area contributed by atoms with Crippen molar-refractivity contribution in [3.63, 3.8) is 0 Å². The Bertz CT molecular complexity index is 596. The number of benzene rings is 1. The minimum atomic E-state index is -0.263. The second-order valence-electron chi connectivity index (χ2n) is 4.14. The van der Waals surface area contributed by atoms with Gasteiger partial charge in [0.15, 0.2) is 0 Å². The van der Waals surface area contributed by atoms with Crippen molar-refractivity contribution in [3.8, 4) is 0 Å². The number of nitrogens with zero attached hydrogens (tertiary/aromatic N) is 2. The third kappa shape index (κ3) is 3.17. The second-order valence-corrected chi connectivity index (χ2v) is 5.79. The fraction of sp³-hybridized carbons (Fsp3) is 0.308. The van der Waals surface area contributed by atoms with Crippen molar-refractivity contribution in [2.45, 2.75) is 26.9 Å². The van der Waals surface area contributed by atoms with Gasteiger partial charge >= 0.3 is 0 Å². The summed E-state index contributed by atoms with van der Waals surface area (Å²) in [6.07, 6.45) is 0. The molecule has 6 heteroatoms.